The van der Waals surface area contributed by atoms with Gasteiger partial charge in [0.25, 0.3) is 0 Å². The van der Waals surface area contributed by atoms with Crippen molar-refractivity contribution < 1.29 is 18.3 Å². The first-order chi connectivity index (χ1) is 11.2. The van der Waals surface area contributed by atoms with Gasteiger partial charge in [-0.2, -0.15) is 0 Å². The maximum Gasteiger partial charge on any atom is 0.307 e. The Balaban J connectivity index is 1.86. The van der Waals surface area contributed by atoms with Crippen molar-refractivity contribution in [2.24, 2.45) is 5.92 Å². The Labute approximate surface area is 141 Å². The Morgan fingerprint density at radius 1 is 1.17 bits per heavy atom. The highest BCUT2D eigenvalue weighted by molar-refractivity contribution is 7.92. The summed E-state index contributed by atoms with van der Waals surface area (Å²) in [5.74, 6) is -0.893. The molecule has 1 aliphatic carbocycles. The summed E-state index contributed by atoms with van der Waals surface area (Å²) in [4.78, 5) is 11.0. The zero-order valence-electron chi connectivity index (χ0n) is 13.5. The molecule has 0 unspecified atom stereocenters. The summed E-state index contributed by atoms with van der Waals surface area (Å²) in [5.41, 5.74) is 4.52. The number of rotatable bonds is 5. The summed E-state index contributed by atoms with van der Waals surface area (Å²) in [6.07, 6.45) is 1.82. The number of carbonyl (C=O) groups is 1. The number of hydrogen-bond donors (Lipinski definition) is 2. The summed E-state index contributed by atoms with van der Waals surface area (Å²) in [6.45, 7) is 1.97. The zero-order valence-corrected chi connectivity index (χ0v) is 14.3. The van der Waals surface area contributed by atoms with E-state index >= 15 is 0 Å². The van der Waals surface area contributed by atoms with Gasteiger partial charge in [-0.15, -0.1) is 0 Å². The summed E-state index contributed by atoms with van der Waals surface area (Å²) in [5, 5.41) is 9.02. The fourth-order valence-electron chi connectivity index (χ4n) is 2.96. The Morgan fingerprint density at radius 3 is 2.38 bits per heavy atom. The third-order valence-corrected chi connectivity index (χ3v) is 4.90. The smallest absolute Gasteiger partial charge is 0.307 e. The fourth-order valence-corrected chi connectivity index (χ4v) is 3.51. The zero-order chi connectivity index (χ0) is 17.5. The molecule has 126 valence electrons. The second kappa shape index (κ2) is 5.94. The van der Waals surface area contributed by atoms with E-state index in [2.05, 4.69) is 4.72 Å². The van der Waals surface area contributed by atoms with Crippen LogP contribution in [0.25, 0.3) is 11.1 Å². The molecule has 0 bridgehead atoms. The van der Waals surface area contributed by atoms with E-state index in [0.29, 0.717) is 12.1 Å². The van der Waals surface area contributed by atoms with Gasteiger partial charge in [0.2, 0.25) is 10.0 Å². The van der Waals surface area contributed by atoms with Gasteiger partial charge in [0.15, 0.2) is 0 Å². The Hall–Kier alpha value is -2.34. The number of aliphatic carboxylic acids is 1. The number of nitrogens with one attached hydrogen (secondary N) is 1. The van der Waals surface area contributed by atoms with Crippen molar-refractivity contribution in [1.82, 2.24) is 0 Å². The molecule has 6 heteroatoms. The molecule has 0 heterocycles. The molecule has 2 atom stereocenters. The molecule has 0 spiro atoms. The van der Waals surface area contributed by atoms with Crippen LogP contribution in [-0.4, -0.2) is 25.7 Å². The standard InChI is InChI=1S/C18H19NO4S/c1-11-3-8-14(19-24(2,22)23)9-15(11)12-4-6-13(7-5-12)16-10-17(16)18(20)21/h3-9,16-17,19H,10H2,1-2H3,(H,20,21)/t16-,17+/m0/s1. The van der Waals surface area contributed by atoms with Crippen molar-refractivity contribution in [1.29, 1.82) is 0 Å². The molecule has 0 aromatic heterocycles. The number of anilines is 1. The minimum absolute atomic E-state index is 0.107. The molecule has 0 saturated heterocycles. The van der Waals surface area contributed by atoms with Crippen LogP contribution in [0.5, 0.6) is 0 Å². The van der Waals surface area contributed by atoms with E-state index in [0.717, 1.165) is 28.5 Å². The Morgan fingerprint density at radius 2 is 1.83 bits per heavy atom. The lowest BCUT2D eigenvalue weighted by Crippen LogP contribution is -2.09. The first kappa shape index (κ1) is 16.5. The maximum absolute atomic E-state index is 11.4. The van der Waals surface area contributed by atoms with Gasteiger partial charge in [-0.3, -0.25) is 9.52 Å². The highest BCUT2D eigenvalue weighted by Crippen LogP contribution is 2.47. The van der Waals surface area contributed by atoms with E-state index in [1.54, 1.807) is 6.07 Å². The van der Waals surface area contributed by atoms with Crippen LogP contribution in [0.3, 0.4) is 0 Å². The summed E-state index contributed by atoms with van der Waals surface area (Å²) < 4.78 is 25.3. The largest absolute Gasteiger partial charge is 0.481 e. The van der Waals surface area contributed by atoms with Crippen molar-refractivity contribution in [2.45, 2.75) is 19.3 Å². The van der Waals surface area contributed by atoms with Crippen LogP contribution in [0.4, 0.5) is 5.69 Å². The lowest BCUT2D eigenvalue weighted by atomic mass is 9.98. The number of carboxylic acids is 1. The lowest BCUT2D eigenvalue weighted by Gasteiger charge is -2.11. The van der Waals surface area contributed by atoms with Gasteiger partial charge in [0, 0.05) is 5.69 Å². The lowest BCUT2D eigenvalue weighted by molar-refractivity contribution is -0.138. The van der Waals surface area contributed by atoms with E-state index in [1.165, 1.54) is 0 Å². The van der Waals surface area contributed by atoms with E-state index in [1.807, 2.05) is 43.3 Å². The van der Waals surface area contributed by atoms with Crippen molar-refractivity contribution in [2.75, 3.05) is 11.0 Å². The SMILES string of the molecule is Cc1ccc(NS(C)(=O)=O)cc1-c1ccc([C@@H]2C[C@H]2C(=O)O)cc1. The van der Waals surface area contributed by atoms with E-state index in [9.17, 15) is 13.2 Å². The second-order valence-corrected chi connectivity index (χ2v) is 8.06. The van der Waals surface area contributed by atoms with Gasteiger partial charge >= 0.3 is 5.97 Å². The van der Waals surface area contributed by atoms with Crippen LogP contribution in [0.1, 0.15) is 23.5 Å². The second-order valence-electron chi connectivity index (χ2n) is 6.31. The van der Waals surface area contributed by atoms with Gasteiger partial charge < -0.3 is 5.11 Å². The summed E-state index contributed by atoms with van der Waals surface area (Å²) >= 11 is 0. The van der Waals surface area contributed by atoms with Crippen LogP contribution in [0, 0.1) is 12.8 Å². The third kappa shape index (κ3) is 3.59. The molecule has 3 rings (SSSR count). The average Bonchev–Trinajstić information content (AvgIpc) is 3.29. The maximum atomic E-state index is 11.4. The minimum atomic E-state index is -3.32. The molecular formula is C18H19NO4S. The summed E-state index contributed by atoms with van der Waals surface area (Å²) in [6, 6.07) is 13.2. The van der Waals surface area contributed by atoms with Gasteiger partial charge in [0.05, 0.1) is 12.2 Å². The van der Waals surface area contributed by atoms with Gasteiger partial charge in [-0.25, -0.2) is 8.42 Å². The third-order valence-electron chi connectivity index (χ3n) is 4.30. The highest BCUT2D eigenvalue weighted by atomic mass is 32.2. The predicted octanol–water partition coefficient (Wildman–Crippen LogP) is 3.22. The molecule has 0 radical (unpaired) electrons. The molecule has 1 fully saturated rings. The molecule has 2 N–H and O–H groups in total. The number of hydrogen-bond acceptors (Lipinski definition) is 3. The molecule has 2 aromatic carbocycles. The predicted molar refractivity (Wildman–Crippen MR) is 93.6 cm³/mol. The van der Waals surface area contributed by atoms with Crippen molar-refractivity contribution in [3.63, 3.8) is 0 Å². The van der Waals surface area contributed by atoms with Crippen LogP contribution in [0.15, 0.2) is 42.5 Å². The molecule has 24 heavy (non-hydrogen) atoms. The van der Waals surface area contributed by atoms with E-state index in [-0.39, 0.29) is 11.8 Å². The molecule has 5 nitrogen and oxygen atoms in total. The van der Waals surface area contributed by atoms with Crippen LogP contribution < -0.4 is 4.72 Å². The first-order valence-electron chi connectivity index (χ1n) is 7.66. The quantitative estimate of drug-likeness (QED) is 0.871. The Bertz CT molecular complexity index is 888. The molecule has 1 saturated carbocycles. The molecule has 1 aliphatic rings. The summed E-state index contributed by atoms with van der Waals surface area (Å²) in [7, 11) is -3.32. The first-order valence-corrected chi connectivity index (χ1v) is 9.55. The van der Waals surface area contributed by atoms with Gasteiger partial charge in [-0.05, 0) is 53.6 Å². The van der Waals surface area contributed by atoms with Crippen molar-refractivity contribution in [3.05, 3.63) is 53.6 Å². The molecule has 0 aliphatic heterocycles. The highest BCUT2D eigenvalue weighted by Gasteiger charge is 2.43. The minimum Gasteiger partial charge on any atom is -0.481 e. The van der Waals surface area contributed by atoms with Crippen LogP contribution in [-0.2, 0) is 14.8 Å². The number of aryl methyl sites for hydroxylation is 1. The average molecular weight is 345 g/mol. The number of benzene rings is 2. The number of sulfonamides is 1. The topological polar surface area (TPSA) is 83.5 Å². The van der Waals surface area contributed by atoms with Gasteiger partial charge in [-0.1, -0.05) is 30.3 Å². The molecular weight excluding hydrogens is 326 g/mol. The molecule has 2 aromatic rings. The normalized spacial score (nSPS) is 19.8. The van der Waals surface area contributed by atoms with Crippen molar-refractivity contribution in [3.8, 4) is 11.1 Å². The monoisotopic (exact) mass is 345 g/mol. The van der Waals surface area contributed by atoms with E-state index in [4.69, 9.17) is 5.11 Å². The van der Waals surface area contributed by atoms with Gasteiger partial charge in [0.1, 0.15) is 0 Å². The van der Waals surface area contributed by atoms with E-state index < -0.39 is 16.0 Å². The fraction of sp³-hybridized carbons (Fsp3) is 0.278. The molecule has 0 amide bonds. The van der Waals surface area contributed by atoms with Crippen LogP contribution >= 0.6 is 0 Å². The number of carboxylic acid groups (broad SMARTS) is 1. The Kier molecular flexibility index (Phi) is 4.09. The van der Waals surface area contributed by atoms with Crippen molar-refractivity contribution >= 4 is 21.7 Å². The van der Waals surface area contributed by atoms with Crippen LogP contribution in [0.2, 0.25) is 0 Å².